The summed E-state index contributed by atoms with van der Waals surface area (Å²) in [7, 11) is 0. The molecule has 1 aromatic heterocycles. The van der Waals surface area contributed by atoms with Gasteiger partial charge in [-0.2, -0.15) is 0 Å². The van der Waals surface area contributed by atoms with E-state index in [0.717, 1.165) is 10.7 Å². The van der Waals surface area contributed by atoms with Gasteiger partial charge in [0, 0.05) is 16.6 Å². The molecule has 0 aliphatic carbocycles. The van der Waals surface area contributed by atoms with Crippen LogP contribution >= 0.6 is 11.3 Å². The van der Waals surface area contributed by atoms with Crippen molar-refractivity contribution < 1.29 is 9.90 Å². The molecular weight excluding hydrogens is 260 g/mol. The third kappa shape index (κ3) is 3.12. The van der Waals surface area contributed by atoms with Gasteiger partial charge >= 0.3 is 0 Å². The van der Waals surface area contributed by atoms with Crippen molar-refractivity contribution in [2.24, 2.45) is 0 Å². The standard InChI is InChI=1S/C14H16N2O2S/c1-9-8-19-13(15-9)14(2,3)16-12(18)10-5-4-6-11(17)7-10/h4-8,17H,1-3H3,(H,16,18). The van der Waals surface area contributed by atoms with Crippen molar-refractivity contribution in [3.63, 3.8) is 0 Å². The van der Waals surface area contributed by atoms with E-state index in [0.29, 0.717) is 5.56 Å². The molecule has 2 N–H and O–H groups in total. The van der Waals surface area contributed by atoms with E-state index in [4.69, 9.17) is 0 Å². The third-order valence-corrected chi connectivity index (χ3v) is 3.97. The molecule has 0 bridgehead atoms. The summed E-state index contributed by atoms with van der Waals surface area (Å²) in [5.41, 5.74) is 0.836. The van der Waals surface area contributed by atoms with Gasteiger partial charge in [-0.1, -0.05) is 6.07 Å². The van der Waals surface area contributed by atoms with Crippen LogP contribution in [0.15, 0.2) is 29.6 Å². The predicted octanol–water partition coefficient (Wildman–Crippen LogP) is 2.82. The highest BCUT2D eigenvalue weighted by Gasteiger charge is 2.26. The molecule has 0 aliphatic rings. The van der Waals surface area contributed by atoms with E-state index in [1.165, 1.54) is 23.5 Å². The van der Waals surface area contributed by atoms with Gasteiger partial charge < -0.3 is 10.4 Å². The molecule has 100 valence electrons. The Labute approximate surface area is 116 Å². The summed E-state index contributed by atoms with van der Waals surface area (Å²) in [5.74, 6) is -0.149. The maximum atomic E-state index is 12.1. The number of phenolic OH excluding ortho intramolecular Hbond substituents is 1. The number of carbonyl (C=O) groups excluding carboxylic acids is 1. The Kier molecular flexibility index (Phi) is 3.57. The summed E-state index contributed by atoms with van der Waals surface area (Å²) in [6.07, 6.45) is 0. The van der Waals surface area contributed by atoms with Gasteiger partial charge in [0.15, 0.2) is 0 Å². The SMILES string of the molecule is Cc1csc(C(C)(C)NC(=O)c2cccc(O)c2)n1. The van der Waals surface area contributed by atoms with Crippen molar-refractivity contribution in [1.82, 2.24) is 10.3 Å². The molecular formula is C14H16N2O2S. The van der Waals surface area contributed by atoms with Crippen LogP contribution in [0.2, 0.25) is 0 Å². The largest absolute Gasteiger partial charge is 0.508 e. The number of nitrogens with one attached hydrogen (secondary N) is 1. The summed E-state index contributed by atoms with van der Waals surface area (Å²) in [6.45, 7) is 5.74. The van der Waals surface area contributed by atoms with Crippen LogP contribution in [0.5, 0.6) is 5.75 Å². The van der Waals surface area contributed by atoms with E-state index in [2.05, 4.69) is 10.3 Å². The van der Waals surface area contributed by atoms with Crippen LogP contribution < -0.4 is 5.32 Å². The van der Waals surface area contributed by atoms with Gasteiger partial charge in [0.05, 0.1) is 5.54 Å². The Balaban J connectivity index is 2.18. The van der Waals surface area contributed by atoms with Crippen molar-refractivity contribution in [1.29, 1.82) is 0 Å². The van der Waals surface area contributed by atoms with E-state index in [9.17, 15) is 9.90 Å². The molecule has 0 radical (unpaired) electrons. The quantitative estimate of drug-likeness (QED) is 0.906. The molecule has 1 heterocycles. The lowest BCUT2D eigenvalue weighted by Gasteiger charge is -2.23. The fourth-order valence-corrected chi connectivity index (χ4v) is 2.57. The molecule has 2 aromatic rings. The predicted molar refractivity (Wildman–Crippen MR) is 75.5 cm³/mol. The normalized spacial score (nSPS) is 11.3. The molecule has 0 saturated heterocycles. The second kappa shape index (κ2) is 5.01. The monoisotopic (exact) mass is 276 g/mol. The Morgan fingerprint density at radius 2 is 2.16 bits per heavy atom. The number of nitrogens with zero attached hydrogens (tertiary/aromatic N) is 1. The van der Waals surface area contributed by atoms with Crippen LogP contribution in [-0.4, -0.2) is 16.0 Å². The zero-order valence-electron chi connectivity index (χ0n) is 11.1. The highest BCUT2D eigenvalue weighted by molar-refractivity contribution is 7.09. The number of aryl methyl sites for hydroxylation is 1. The zero-order valence-corrected chi connectivity index (χ0v) is 11.9. The maximum Gasteiger partial charge on any atom is 0.252 e. The number of benzene rings is 1. The van der Waals surface area contributed by atoms with Gasteiger partial charge in [-0.25, -0.2) is 4.98 Å². The van der Waals surface area contributed by atoms with E-state index in [-0.39, 0.29) is 11.7 Å². The zero-order chi connectivity index (χ0) is 14.0. The lowest BCUT2D eigenvalue weighted by atomic mass is 10.1. The lowest BCUT2D eigenvalue weighted by molar-refractivity contribution is 0.0911. The number of aromatic hydroxyl groups is 1. The lowest BCUT2D eigenvalue weighted by Crippen LogP contribution is -2.40. The van der Waals surface area contributed by atoms with Gasteiger partial charge in [0.2, 0.25) is 0 Å². The van der Waals surface area contributed by atoms with Crippen molar-refractivity contribution in [3.8, 4) is 5.75 Å². The number of phenols is 1. The molecule has 0 unspecified atom stereocenters. The van der Waals surface area contributed by atoms with Crippen molar-refractivity contribution in [2.75, 3.05) is 0 Å². The molecule has 4 nitrogen and oxygen atoms in total. The first kappa shape index (κ1) is 13.5. The number of carbonyl (C=O) groups is 1. The van der Waals surface area contributed by atoms with E-state index < -0.39 is 5.54 Å². The molecule has 5 heteroatoms. The summed E-state index contributed by atoms with van der Waals surface area (Å²) < 4.78 is 0. The van der Waals surface area contributed by atoms with Gasteiger partial charge in [-0.15, -0.1) is 11.3 Å². The third-order valence-electron chi connectivity index (χ3n) is 2.69. The minimum Gasteiger partial charge on any atom is -0.508 e. The number of amides is 1. The second-order valence-electron chi connectivity index (χ2n) is 4.92. The summed E-state index contributed by atoms with van der Waals surface area (Å²) in [4.78, 5) is 16.5. The van der Waals surface area contributed by atoms with Crippen molar-refractivity contribution in [2.45, 2.75) is 26.3 Å². The number of aromatic nitrogens is 1. The van der Waals surface area contributed by atoms with Crippen LogP contribution in [0.3, 0.4) is 0 Å². The Morgan fingerprint density at radius 3 is 2.74 bits per heavy atom. The van der Waals surface area contributed by atoms with Gasteiger partial charge in [0.1, 0.15) is 10.8 Å². The van der Waals surface area contributed by atoms with Crippen LogP contribution in [0.25, 0.3) is 0 Å². The van der Waals surface area contributed by atoms with Gasteiger partial charge in [-0.3, -0.25) is 4.79 Å². The molecule has 0 spiro atoms. The second-order valence-corrected chi connectivity index (χ2v) is 5.78. The Bertz CT molecular complexity index is 605. The smallest absolute Gasteiger partial charge is 0.252 e. The molecule has 19 heavy (non-hydrogen) atoms. The Hall–Kier alpha value is -1.88. The molecule has 0 aliphatic heterocycles. The average molecular weight is 276 g/mol. The first-order chi connectivity index (χ1) is 8.88. The molecule has 0 saturated carbocycles. The fraction of sp³-hybridized carbons (Fsp3) is 0.286. The maximum absolute atomic E-state index is 12.1. The topological polar surface area (TPSA) is 62.2 Å². The van der Waals surface area contributed by atoms with Crippen LogP contribution in [-0.2, 0) is 5.54 Å². The highest BCUT2D eigenvalue weighted by Crippen LogP contribution is 2.24. The van der Waals surface area contributed by atoms with Crippen molar-refractivity contribution >= 4 is 17.2 Å². The number of hydrogen-bond acceptors (Lipinski definition) is 4. The molecule has 0 atom stereocenters. The molecule has 1 aromatic carbocycles. The van der Waals surface area contributed by atoms with E-state index in [1.54, 1.807) is 12.1 Å². The van der Waals surface area contributed by atoms with E-state index >= 15 is 0 Å². The van der Waals surface area contributed by atoms with Crippen LogP contribution in [0.4, 0.5) is 0 Å². The number of hydrogen-bond donors (Lipinski definition) is 2. The summed E-state index contributed by atoms with van der Waals surface area (Å²) >= 11 is 1.52. The summed E-state index contributed by atoms with van der Waals surface area (Å²) in [6, 6.07) is 6.29. The minimum absolute atomic E-state index is 0.0792. The fourth-order valence-electron chi connectivity index (χ4n) is 1.70. The van der Waals surface area contributed by atoms with Crippen LogP contribution in [0, 0.1) is 6.92 Å². The number of thiazole rings is 1. The molecule has 2 rings (SSSR count). The van der Waals surface area contributed by atoms with Crippen molar-refractivity contribution in [3.05, 3.63) is 45.9 Å². The minimum atomic E-state index is -0.540. The molecule has 1 amide bonds. The average Bonchev–Trinajstić information content (AvgIpc) is 2.76. The Morgan fingerprint density at radius 1 is 1.42 bits per heavy atom. The molecule has 0 fully saturated rings. The van der Waals surface area contributed by atoms with Gasteiger partial charge in [0.25, 0.3) is 5.91 Å². The first-order valence-corrected chi connectivity index (χ1v) is 6.80. The number of rotatable bonds is 3. The van der Waals surface area contributed by atoms with Gasteiger partial charge in [-0.05, 0) is 39.0 Å². The first-order valence-electron chi connectivity index (χ1n) is 5.92. The van der Waals surface area contributed by atoms with Crippen LogP contribution in [0.1, 0.15) is 34.9 Å². The highest BCUT2D eigenvalue weighted by atomic mass is 32.1. The summed E-state index contributed by atoms with van der Waals surface area (Å²) in [5, 5.41) is 15.1. The van der Waals surface area contributed by atoms with E-state index in [1.807, 2.05) is 26.2 Å².